The number of benzene rings is 19. The van der Waals surface area contributed by atoms with Crippen LogP contribution in [0.15, 0.2) is 437 Å². The van der Waals surface area contributed by atoms with E-state index in [0.717, 1.165) is 61.7 Å². The molecule has 5 heteroatoms. The van der Waals surface area contributed by atoms with Gasteiger partial charge in [-0.2, -0.15) is 0 Å². The molecule has 0 N–H and O–H groups in total. The number of para-hydroxylation sites is 8. The van der Waals surface area contributed by atoms with Crippen LogP contribution < -0.4 is 0 Å². The molecule has 0 atom stereocenters. The summed E-state index contributed by atoms with van der Waals surface area (Å²) < 4.78 is 12.4. The highest BCUT2D eigenvalue weighted by Crippen LogP contribution is 2.60. The number of hydrogen-bond acceptors (Lipinski definition) is 0. The Kier molecular flexibility index (Phi) is 15.2. The Hall–Kier alpha value is -15.8. The van der Waals surface area contributed by atoms with Gasteiger partial charge in [-0.1, -0.05) is 336 Å². The maximum Gasteiger partial charge on any atom is 0.0713 e. The van der Waals surface area contributed by atoms with E-state index < -0.39 is 10.8 Å². The van der Waals surface area contributed by atoms with E-state index in [1.807, 2.05) is 0 Å². The van der Waals surface area contributed by atoms with Crippen molar-refractivity contribution in [3.8, 4) is 72.9 Å². The van der Waals surface area contributed by atoms with Crippen LogP contribution in [0.1, 0.15) is 70.8 Å². The molecule has 5 heterocycles. The largest absolute Gasteiger partial charge is 0.309 e. The molecule has 2 aliphatic rings. The SMILES string of the molecule is CC(C)(C)c1ccc(-n2c3ccc(C4(c5ccc(-c6cc(-n7c8ccccc8c8ccccc87)cc(-n7c8ccccc8c8ccccc87)c6)cc5)c5ccccc5-c5ccccc54)cc3c3cc(C4(c5ccc(-c6cc(-n7c8ccccc8c8ccccc87)cc(-n7c8ccccc8c8ccccc87)c6)cc5)c5ccccc5-c5ccccc54)ccc32)cc1. The molecule has 586 valence electrons. The number of hydrogen-bond donors (Lipinski definition) is 0. The third-order valence-electron chi connectivity index (χ3n) is 28.0. The van der Waals surface area contributed by atoms with Crippen LogP contribution in [0.4, 0.5) is 0 Å². The van der Waals surface area contributed by atoms with Crippen LogP contribution >= 0.6 is 0 Å². The Morgan fingerprint density at radius 2 is 0.392 bits per heavy atom. The molecule has 19 aromatic carbocycles. The van der Waals surface area contributed by atoms with Gasteiger partial charge in [-0.3, -0.25) is 0 Å². The van der Waals surface area contributed by atoms with Gasteiger partial charge in [0.2, 0.25) is 0 Å². The first-order valence-electron chi connectivity index (χ1n) is 43.7. The lowest BCUT2D eigenvalue weighted by Crippen LogP contribution is -2.28. The molecule has 0 radical (unpaired) electrons. The fraction of sp³-hybridized carbons (Fsp3) is 0.0500. The molecule has 125 heavy (non-hydrogen) atoms. The quantitative estimate of drug-likeness (QED) is 0.123. The van der Waals surface area contributed by atoms with Gasteiger partial charge < -0.3 is 22.8 Å². The van der Waals surface area contributed by atoms with E-state index in [1.165, 1.54) is 170 Å². The second kappa shape index (κ2) is 26.8. The van der Waals surface area contributed by atoms with Crippen LogP contribution in [0.3, 0.4) is 0 Å². The average molecular weight is 1590 g/mol. The molecule has 5 aromatic heterocycles. The maximum atomic E-state index is 2.58. The zero-order valence-corrected chi connectivity index (χ0v) is 69.3. The number of rotatable bonds is 11. The molecule has 0 bridgehead atoms. The smallest absolute Gasteiger partial charge is 0.0713 e. The van der Waals surface area contributed by atoms with Crippen molar-refractivity contribution in [2.75, 3.05) is 0 Å². The summed E-state index contributed by atoms with van der Waals surface area (Å²) in [6, 6.07) is 166. The topological polar surface area (TPSA) is 24.6 Å². The third-order valence-corrected chi connectivity index (χ3v) is 28.0. The molecular formula is C120H81N5. The van der Waals surface area contributed by atoms with E-state index in [2.05, 4.69) is 480 Å². The van der Waals surface area contributed by atoms with Crippen molar-refractivity contribution in [3.05, 3.63) is 487 Å². The predicted octanol–water partition coefficient (Wildman–Crippen LogP) is 30.5. The lowest BCUT2D eigenvalue weighted by molar-refractivity contribution is 0.590. The van der Waals surface area contributed by atoms with Gasteiger partial charge in [0.15, 0.2) is 0 Å². The third kappa shape index (κ3) is 10.2. The number of fused-ring (bicyclic) bond motifs is 21. The van der Waals surface area contributed by atoms with Gasteiger partial charge in [0.25, 0.3) is 0 Å². The van der Waals surface area contributed by atoms with Gasteiger partial charge in [-0.25, -0.2) is 0 Å². The van der Waals surface area contributed by atoms with E-state index >= 15 is 0 Å². The van der Waals surface area contributed by atoms with E-state index in [9.17, 15) is 0 Å². The van der Waals surface area contributed by atoms with Crippen LogP contribution in [0.5, 0.6) is 0 Å². The normalized spacial score (nSPS) is 13.4. The van der Waals surface area contributed by atoms with Gasteiger partial charge in [-0.05, 0) is 221 Å². The van der Waals surface area contributed by atoms with Crippen molar-refractivity contribution in [2.24, 2.45) is 0 Å². The van der Waals surface area contributed by atoms with Crippen LogP contribution in [0.2, 0.25) is 0 Å². The van der Waals surface area contributed by atoms with E-state index in [1.54, 1.807) is 0 Å². The molecule has 26 rings (SSSR count). The molecule has 5 nitrogen and oxygen atoms in total. The second-order valence-electron chi connectivity index (χ2n) is 35.4. The first-order chi connectivity index (χ1) is 61.6. The highest BCUT2D eigenvalue weighted by molar-refractivity contribution is 6.15. The Labute approximate surface area is 723 Å². The lowest BCUT2D eigenvalue weighted by atomic mass is 9.67. The molecule has 0 saturated carbocycles. The van der Waals surface area contributed by atoms with Crippen molar-refractivity contribution < 1.29 is 0 Å². The number of nitrogens with zero attached hydrogens (tertiary/aromatic N) is 5. The summed E-state index contributed by atoms with van der Waals surface area (Å²) in [5.74, 6) is 0. The van der Waals surface area contributed by atoms with Crippen molar-refractivity contribution in [2.45, 2.75) is 37.0 Å². The molecule has 0 unspecified atom stereocenters. The van der Waals surface area contributed by atoms with Crippen LogP contribution in [0, 0.1) is 0 Å². The molecule has 2 aliphatic carbocycles. The molecule has 0 aliphatic heterocycles. The summed E-state index contributed by atoms with van der Waals surface area (Å²) >= 11 is 0. The second-order valence-corrected chi connectivity index (χ2v) is 35.4. The zero-order valence-electron chi connectivity index (χ0n) is 69.3. The fourth-order valence-electron chi connectivity index (χ4n) is 22.6. The first kappa shape index (κ1) is 71.0. The average Bonchev–Trinajstić information content (AvgIpc) is 1.54. The minimum Gasteiger partial charge on any atom is -0.309 e. The zero-order chi connectivity index (χ0) is 82.5. The summed E-state index contributed by atoms with van der Waals surface area (Å²) in [5, 5.41) is 12.2. The van der Waals surface area contributed by atoms with E-state index in [-0.39, 0.29) is 5.41 Å². The van der Waals surface area contributed by atoms with Crippen molar-refractivity contribution >= 4 is 109 Å². The summed E-state index contributed by atoms with van der Waals surface area (Å²) in [5.41, 5.74) is 36.3. The van der Waals surface area contributed by atoms with Gasteiger partial charge in [0.1, 0.15) is 0 Å². The Bertz CT molecular complexity index is 7600. The van der Waals surface area contributed by atoms with Crippen molar-refractivity contribution in [1.82, 2.24) is 22.8 Å². The van der Waals surface area contributed by atoms with E-state index in [0.29, 0.717) is 0 Å². The highest BCUT2D eigenvalue weighted by atomic mass is 15.0. The predicted molar refractivity (Wildman–Crippen MR) is 522 cm³/mol. The molecule has 0 spiro atoms. The van der Waals surface area contributed by atoms with Crippen molar-refractivity contribution in [3.63, 3.8) is 0 Å². The Balaban J connectivity index is 0.681. The van der Waals surface area contributed by atoms with Gasteiger partial charge >= 0.3 is 0 Å². The fourth-order valence-corrected chi connectivity index (χ4v) is 22.6. The molecular weight excluding hydrogens is 1510 g/mol. The molecule has 24 aromatic rings. The lowest BCUT2D eigenvalue weighted by Gasteiger charge is -2.34. The van der Waals surface area contributed by atoms with E-state index in [4.69, 9.17) is 0 Å². The summed E-state index contributed by atoms with van der Waals surface area (Å²) in [4.78, 5) is 0. The minimum atomic E-state index is -0.751. The van der Waals surface area contributed by atoms with Gasteiger partial charge in [0, 0.05) is 82.3 Å². The van der Waals surface area contributed by atoms with Crippen LogP contribution in [-0.4, -0.2) is 22.8 Å². The molecule has 0 amide bonds. The van der Waals surface area contributed by atoms with Crippen LogP contribution in [-0.2, 0) is 16.2 Å². The monoisotopic (exact) mass is 1590 g/mol. The minimum absolute atomic E-state index is 0.0360. The van der Waals surface area contributed by atoms with Gasteiger partial charge in [0.05, 0.1) is 66.0 Å². The molecule has 0 fully saturated rings. The highest BCUT2D eigenvalue weighted by Gasteiger charge is 2.48. The van der Waals surface area contributed by atoms with Crippen LogP contribution in [0.25, 0.3) is 182 Å². The first-order valence-corrected chi connectivity index (χ1v) is 43.7. The van der Waals surface area contributed by atoms with Gasteiger partial charge in [-0.15, -0.1) is 0 Å². The summed E-state index contributed by atoms with van der Waals surface area (Å²) in [6.07, 6.45) is 0. The Morgan fingerprint density at radius 1 is 0.168 bits per heavy atom. The molecule has 0 saturated heterocycles. The Morgan fingerprint density at radius 3 is 0.656 bits per heavy atom. The summed E-state index contributed by atoms with van der Waals surface area (Å²) in [7, 11) is 0. The van der Waals surface area contributed by atoms with Crippen molar-refractivity contribution in [1.29, 1.82) is 0 Å². The number of aromatic nitrogens is 5. The summed E-state index contributed by atoms with van der Waals surface area (Å²) in [6.45, 7) is 6.92. The maximum absolute atomic E-state index is 2.58. The standard InChI is InChI=1S/C120H81N5/c1-118(2,3)80-60-64-85(65-61-80)121-116-66-62-83(119(104-40-16-4-28-90(104)91-29-5-17-41-105(91)119)81-56-52-76(53-57-81)78-68-86(122-108-44-20-8-32-94(108)95-33-9-21-45-109(95)122)74-87(69-78)123-110-46-22-10-34-96(110)97-35-11-23-47-111(97)123)72-102(116)103-73-84(63-67-117(103)121)120(106-42-18-6-30-92(106)93-31-7-19-43-107(93)120)82-58-54-77(55-59-82)79-70-88(124-112-48-24-12-36-98(112)99-37-13-25-49-113(99)124)75-89(71-79)125-114-50-26-14-38-100(114)101-39-15-27-51-115(101)125/h4-75H,1-3H3.